The molecule has 2 heteroatoms. The van der Waals surface area contributed by atoms with Crippen molar-refractivity contribution >= 4 is 27.7 Å². The third-order valence-corrected chi connectivity index (χ3v) is 4.05. The summed E-state index contributed by atoms with van der Waals surface area (Å²) in [4.78, 5) is 13.0. The summed E-state index contributed by atoms with van der Waals surface area (Å²) >= 11 is 0. The summed E-state index contributed by atoms with van der Waals surface area (Å²) in [7, 11) is 0. The van der Waals surface area contributed by atoms with E-state index in [1.165, 1.54) is 5.56 Å². The van der Waals surface area contributed by atoms with Gasteiger partial charge in [-0.2, -0.15) is 0 Å². The molecule has 0 N–H and O–H groups in total. The maximum absolute atomic E-state index is 13.0. The third-order valence-electron chi connectivity index (χ3n) is 4.05. The number of carbonyl (C=O) groups is 1. The summed E-state index contributed by atoms with van der Waals surface area (Å²) in [5, 5.41) is 2.24. The second kappa shape index (κ2) is 4.85. The average Bonchev–Trinajstić information content (AvgIpc) is 2.89. The van der Waals surface area contributed by atoms with Gasteiger partial charge in [0, 0.05) is 16.3 Å². The fourth-order valence-electron chi connectivity index (χ4n) is 3.02. The Hall–Kier alpha value is -2.87. The van der Waals surface area contributed by atoms with Crippen LogP contribution in [0.2, 0.25) is 0 Å². The molecule has 106 valence electrons. The summed E-state index contributed by atoms with van der Waals surface area (Å²) < 4.78 is 1.82. The molecule has 0 saturated heterocycles. The van der Waals surface area contributed by atoms with Gasteiger partial charge in [0.25, 0.3) is 5.91 Å². The number of fused-ring (bicyclic) bond motifs is 3. The van der Waals surface area contributed by atoms with Crippen LogP contribution in [0.25, 0.3) is 21.8 Å². The van der Waals surface area contributed by atoms with Crippen molar-refractivity contribution in [1.29, 1.82) is 0 Å². The van der Waals surface area contributed by atoms with Crippen LogP contribution in [0.3, 0.4) is 0 Å². The summed E-state index contributed by atoms with van der Waals surface area (Å²) in [6, 6.07) is 23.7. The minimum Gasteiger partial charge on any atom is -0.276 e. The molecule has 3 aromatic carbocycles. The molecule has 2 nitrogen and oxygen atoms in total. The lowest BCUT2D eigenvalue weighted by Crippen LogP contribution is -2.11. The zero-order chi connectivity index (χ0) is 15.1. The first kappa shape index (κ1) is 12.8. The predicted octanol–water partition coefficient (Wildman–Crippen LogP) is 4.79. The van der Waals surface area contributed by atoms with Crippen molar-refractivity contribution in [3.05, 3.63) is 83.9 Å². The molecular weight excluding hydrogens is 270 g/mol. The van der Waals surface area contributed by atoms with E-state index < -0.39 is 0 Å². The van der Waals surface area contributed by atoms with E-state index in [0.29, 0.717) is 5.56 Å². The lowest BCUT2D eigenvalue weighted by molar-refractivity contribution is 0.0969. The van der Waals surface area contributed by atoms with Gasteiger partial charge in [-0.15, -0.1) is 0 Å². The van der Waals surface area contributed by atoms with Crippen molar-refractivity contribution in [3.8, 4) is 0 Å². The van der Waals surface area contributed by atoms with Crippen LogP contribution >= 0.6 is 0 Å². The molecule has 1 aromatic heterocycles. The molecule has 0 aliphatic carbocycles. The number of aryl methyl sites for hydroxylation is 1. The largest absolute Gasteiger partial charge is 0.276 e. The molecule has 0 bridgehead atoms. The Balaban J connectivity index is 2.09. The molecular formula is C20H15NO. The molecule has 0 radical (unpaired) electrons. The van der Waals surface area contributed by atoms with Crippen LogP contribution < -0.4 is 0 Å². The number of aromatic nitrogens is 1. The van der Waals surface area contributed by atoms with Crippen LogP contribution in [0.1, 0.15) is 15.9 Å². The zero-order valence-corrected chi connectivity index (χ0v) is 12.3. The Morgan fingerprint density at radius 2 is 1.45 bits per heavy atom. The van der Waals surface area contributed by atoms with E-state index in [0.717, 1.165) is 21.8 Å². The van der Waals surface area contributed by atoms with Gasteiger partial charge in [0.1, 0.15) is 0 Å². The topological polar surface area (TPSA) is 22.0 Å². The molecule has 0 atom stereocenters. The monoisotopic (exact) mass is 285 g/mol. The van der Waals surface area contributed by atoms with E-state index in [1.807, 2.05) is 59.2 Å². The van der Waals surface area contributed by atoms with Gasteiger partial charge < -0.3 is 0 Å². The molecule has 0 unspecified atom stereocenters. The minimum atomic E-state index is 0.00986. The van der Waals surface area contributed by atoms with Crippen molar-refractivity contribution in [2.24, 2.45) is 0 Å². The van der Waals surface area contributed by atoms with Gasteiger partial charge in [0.2, 0.25) is 0 Å². The van der Waals surface area contributed by atoms with Crippen LogP contribution in [0.5, 0.6) is 0 Å². The second-order valence-electron chi connectivity index (χ2n) is 5.54. The van der Waals surface area contributed by atoms with Gasteiger partial charge in [-0.25, -0.2) is 0 Å². The van der Waals surface area contributed by atoms with Crippen molar-refractivity contribution in [3.63, 3.8) is 0 Å². The Morgan fingerprint density at radius 1 is 0.773 bits per heavy atom. The number of carbonyl (C=O) groups excluding carboxylic acids is 1. The van der Waals surface area contributed by atoms with Crippen molar-refractivity contribution in [2.75, 3.05) is 0 Å². The summed E-state index contributed by atoms with van der Waals surface area (Å²) in [6.45, 7) is 2.07. The quantitative estimate of drug-likeness (QED) is 0.493. The lowest BCUT2D eigenvalue weighted by atomic mass is 10.1. The van der Waals surface area contributed by atoms with E-state index in [1.54, 1.807) is 0 Å². The molecule has 0 aliphatic rings. The molecule has 0 fully saturated rings. The Labute approximate surface area is 128 Å². The summed E-state index contributed by atoms with van der Waals surface area (Å²) in [6.07, 6.45) is 0. The van der Waals surface area contributed by atoms with Gasteiger partial charge in [0.15, 0.2) is 0 Å². The SMILES string of the molecule is Cc1ccc2c(c1)c1ccccc1n2C(=O)c1ccccc1. The first-order chi connectivity index (χ1) is 10.8. The molecule has 4 aromatic rings. The normalized spacial score (nSPS) is 11.1. The third kappa shape index (κ3) is 1.85. The maximum atomic E-state index is 13.0. The molecule has 4 rings (SSSR count). The molecule has 0 amide bonds. The standard InChI is InChI=1S/C20H15NO/c1-14-11-12-19-17(13-14)16-9-5-6-10-18(16)21(19)20(22)15-7-3-2-4-8-15/h2-13H,1H3. The number of rotatable bonds is 1. The fourth-order valence-corrected chi connectivity index (χ4v) is 3.02. The molecule has 0 spiro atoms. The van der Waals surface area contributed by atoms with Crippen LogP contribution in [-0.4, -0.2) is 10.5 Å². The van der Waals surface area contributed by atoms with Crippen LogP contribution in [0.4, 0.5) is 0 Å². The van der Waals surface area contributed by atoms with E-state index in [-0.39, 0.29) is 5.91 Å². The number of hydrogen-bond donors (Lipinski definition) is 0. The van der Waals surface area contributed by atoms with Crippen LogP contribution in [-0.2, 0) is 0 Å². The van der Waals surface area contributed by atoms with E-state index in [4.69, 9.17) is 0 Å². The molecule has 0 saturated carbocycles. The Morgan fingerprint density at radius 3 is 2.27 bits per heavy atom. The summed E-state index contributed by atoms with van der Waals surface area (Å²) in [5.41, 5.74) is 3.81. The van der Waals surface area contributed by atoms with E-state index in [2.05, 4.69) is 25.1 Å². The maximum Gasteiger partial charge on any atom is 0.262 e. The number of nitrogens with zero attached hydrogens (tertiary/aromatic N) is 1. The van der Waals surface area contributed by atoms with Crippen LogP contribution in [0.15, 0.2) is 72.8 Å². The van der Waals surface area contributed by atoms with Gasteiger partial charge in [0.05, 0.1) is 11.0 Å². The highest BCUT2D eigenvalue weighted by atomic mass is 16.2. The first-order valence-corrected chi connectivity index (χ1v) is 7.35. The Bertz CT molecular complexity index is 996. The number of benzene rings is 3. The van der Waals surface area contributed by atoms with Crippen LogP contribution in [0, 0.1) is 6.92 Å². The molecule has 22 heavy (non-hydrogen) atoms. The van der Waals surface area contributed by atoms with Gasteiger partial charge in [-0.3, -0.25) is 9.36 Å². The van der Waals surface area contributed by atoms with Crippen molar-refractivity contribution in [1.82, 2.24) is 4.57 Å². The summed E-state index contributed by atoms with van der Waals surface area (Å²) in [5.74, 6) is 0.00986. The smallest absolute Gasteiger partial charge is 0.262 e. The number of hydrogen-bond acceptors (Lipinski definition) is 1. The second-order valence-corrected chi connectivity index (χ2v) is 5.54. The highest BCUT2D eigenvalue weighted by Gasteiger charge is 2.16. The fraction of sp³-hybridized carbons (Fsp3) is 0.0500. The average molecular weight is 285 g/mol. The predicted molar refractivity (Wildman–Crippen MR) is 90.4 cm³/mol. The zero-order valence-electron chi connectivity index (χ0n) is 12.3. The van der Waals surface area contributed by atoms with Crippen molar-refractivity contribution in [2.45, 2.75) is 6.92 Å². The highest BCUT2D eigenvalue weighted by Crippen LogP contribution is 2.30. The Kier molecular flexibility index (Phi) is 2.83. The van der Waals surface area contributed by atoms with Gasteiger partial charge in [-0.1, -0.05) is 48.0 Å². The highest BCUT2D eigenvalue weighted by molar-refractivity contribution is 6.16. The van der Waals surface area contributed by atoms with Gasteiger partial charge in [-0.05, 0) is 37.3 Å². The molecule has 0 aliphatic heterocycles. The minimum absolute atomic E-state index is 0.00986. The first-order valence-electron chi connectivity index (χ1n) is 7.35. The lowest BCUT2D eigenvalue weighted by Gasteiger charge is -2.06. The van der Waals surface area contributed by atoms with Crippen molar-refractivity contribution < 1.29 is 4.79 Å². The number of para-hydroxylation sites is 1. The van der Waals surface area contributed by atoms with Gasteiger partial charge >= 0.3 is 0 Å². The molecule has 1 heterocycles. The van der Waals surface area contributed by atoms with E-state index in [9.17, 15) is 4.79 Å². The van der Waals surface area contributed by atoms with E-state index >= 15 is 0 Å².